The molecule has 1 aromatic rings. The van der Waals surface area contributed by atoms with Crippen LogP contribution < -0.4 is 5.32 Å². The molecular formula is C16H20ClNO3. The number of carbonyl (C=O) groups excluding carboxylic acids is 1. The van der Waals surface area contributed by atoms with Crippen molar-refractivity contribution in [2.24, 2.45) is 5.41 Å². The Morgan fingerprint density at radius 1 is 1.38 bits per heavy atom. The highest BCUT2D eigenvalue weighted by atomic mass is 35.5. The van der Waals surface area contributed by atoms with E-state index in [0.717, 1.165) is 12.0 Å². The van der Waals surface area contributed by atoms with Gasteiger partial charge in [-0.15, -0.1) is 0 Å². The van der Waals surface area contributed by atoms with Crippen molar-refractivity contribution >= 4 is 23.5 Å². The van der Waals surface area contributed by atoms with E-state index in [1.807, 2.05) is 26.0 Å². The van der Waals surface area contributed by atoms with Gasteiger partial charge in [-0.2, -0.15) is 0 Å². The molecule has 0 aromatic heterocycles. The van der Waals surface area contributed by atoms with Gasteiger partial charge in [0.25, 0.3) is 0 Å². The van der Waals surface area contributed by atoms with Crippen LogP contribution in [0.5, 0.6) is 0 Å². The van der Waals surface area contributed by atoms with Gasteiger partial charge in [-0.3, -0.25) is 9.59 Å². The lowest BCUT2D eigenvalue weighted by molar-refractivity contribution is -0.157. The summed E-state index contributed by atoms with van der Waals surface area (Å²) in [5, 5.41) is 12.8. The number of amides is 1. The molecule has 2 rings (SSSR count). The molecule has 2 N–H and O–H groups in total. The molecule has 0 radical (unpaired) electrons. The lowest BCUT2D eigenvalue weighted by atomic mass is 9.66. The van der Waals surface area contributed by atoms with E-state index in [1.165, 1.54) is 0 Å². The minimum absolute atomic E-state index is 0.0341. The van der Waals surface area contributed by atoms with Crippen LogP contribution in [0.4, 0.5) is 0 Å². The van der Waals surface area contributed by atoms with Crippen molar-refractivity contribution in [2.45, 2.75) is 45.1 Å². The molecular weight excluding hydrogens is 290 g/mol. The Balaban J connectivity index is 2.06. The zero-order valence-corrected chi connectivity index (χ0v) is 13.0. The first kappa shape index (κ1) is 15.8. The number of benzene rings is 1. The van der Waals surface area contributed by atoms with Crippen LogP contribution >= 0.6 is 11.6 Å². The SMILES string of the molecule is CC(C)(NC(=O)CC1(C(=O)O)CCC1)c1cccc(Cl)c1. The zero-order chi connectivity index (χ0) is 15.7. The highest BCUT2D eigenvalue weighted by molar-refractivity contribution is 6.30. The highest BCUT2D eigenvalue weighted by Gasteiger charge is 2.46. The van der Waals surface area contributed by atoms with E-state index in [0.29, 0.717) is 17.9 Å². The molecule has 1 aliphatic rings. The summed E-state index contributed by atoms with van der Waals surface area (Å²) in [4.78, 5) is 23.5. The smallest absolute Gasteiger partial charge is 0.310 e. The van der Waals surface area contributed by atoms with Gasteiger partial charge >= 0.3 is 5.97 Å². The van der Waals surface area contributed by atoms with Gasteiger partial charge in [0.2, 0.25) is 5.91 Å². The minimum atomic E-state index is -0.871. The molecule has 5 heteroatoms. The summed E-state index contributed by atoms with van der Waals surface area (Å²) in [6, 6.07) is 7.30. The molecule has 0 aliphatic heterocycles. The van der Waals surface area contributed by atoms with Gasteiger partial charge in [-0.25, -0.2) is 0 Å². The second-order valence-electron chi connectivity index (χ2n) is 6.30. The normalized spacial score (nSPS) is 16.9. The first-order valence-electron chi connectivity index (χ1n) is 7.06. The lowest BCUT2D eigenvalue weighted by Gasteiger charge is -2.38. The van der Waals surface area contributed by atoms with E-state index in [-0.39, 0.29) is 12.3 Å². The van der Waals surface area contributed by atoms with E-state index in [9.17, 15) is 14.7 Å². The third-order valence-corrected chi connectivity index (χ3v) is 4.50. The van der Waals surface area contributed by atoms with Gasteiger partial charge < -0.3 is 10.4 Å². The molecule has 0 heterocycles. The fourth-order valence-electron chi connectivity index (χ4n) is 2.72. The maximum atomic E-state index is 12.2. The van der Waals surface area contributed by atoms with Crippen molar-refractivity contribution in [3.63, 3.8) is 0 Å². The number of rotatable bonds is 5. The average Bonchev–Trinajstić information content (AvgIpc) is 2.32. The van der Waals surface area contributed by atoms with Crippen molar-refractivity contribution in [3.05, 3.63) is 34.9 Å². The van der Waals surface area contributed by atoms with E-state index < -0.39 is 16.9 Å². The first-order valence-corrected chi connectivity index (χ1v) is 7.43. The molecule has 0 bridgehead atoms. The molecule has 4 nitrogen and oxygen atoms in total. The molecule has 1 fully saturated rings. The number of carbonyl (C=O) groups is 2. The molecule has 1 saturated carbocycles. The van der Waals surface area contributed by atoms with E-state index >= 15 is 0 Å². The van der Waals surface area contributed by atoms with Crippen LogP contribution in [0.3, 0.4) is 0 Å². The molecule has 0 spiro atoms. The molecule has 1 aliphatic carbocycles. The molecule has 21 heavy (non-hydrogen) atoms. The van der Waals surface area contributed by atoms with Crippen LogP contribution in [0, 0.1) is 5.41 Å². The summed E-state index contributed by atoms with van der Waals surface area (Å²) < 4.78 is 0. The number of halogens is 1. The summed E-state index contributed by atoms with van der Waals surface area (Å²) in [5.74, 6) is -1.11. The maximum absolute atomic E-state index is 12.2. The Hall–Kier alpha value is -1.55. The van der Waals surface area contributed by atoms with Gasteiger partial charge in [0.15, 0.2) is 0 Å². The Morgan fingerprint density at radius 2 is 2.05 bits per heavy atom. The largest absolute Gasteiger partial charge is 0.481 e. The zero-order valence-electron chi connectivity index (χ0n) is 12.3. The molecule has 0 atom stereocenters. The summed E-state index contributed by atoms with van der Waals surface area (Å²) >= 11 is 5.98. The fourth-order valence-corrected chi connectivity index (χ4v) is 2.91. The van der Waals surface area contributed by atoms with Crippen LogP contribution in [-0.4, -0.2) is 17.0 Å². The second kappa shape index (κ2) is 5.68. The predicted octanol–water partition coefficient (Wildman–Crippen LogP) is 3.34. The van der Waals surface area contributed by atoms with Gasteiger partial charge in [-0.05, 0) is 44.4 Å². The number of carboxylic acids is 1. The first-order chi connectivity index (χ1) is 9.75. The summed E-state index contributed by atoms with van der Waals surface area (Å²) in [5.41, 5.74) is -0.568. The summed E-state index contributed by atoms with van der Waals surface area (Å²) in [6.45, 7) is 3.76. The van der Waals surface area contributed by atoms with Gasteiger partial charge in [0.1, 0.15) is 0 Å². The lowest BCUT2D eigenvalue weighted by Crippen LogP contribution is -2.47. The molecule has 1 amide bonds. The summed E-state index contributed by atoms with van der Waals surface area (Å²) in [6.07, 6.45) is 2.06. The monoisotopic (exact) mass is 309 g/mol. The predicted molar refractivity (Wildman–Crippen MR) is 81.2 cm³/mol. The van der Waals surface area contributed by atoms with Crippen molar-refractivity contribution in [1.82, 2.24) is 5.32 Å². The van der Waals surface area contributed by atoms with E-state index in [2.05, 4.69) is 5.32 Å². The number of aliphatic carboxylic acids is 1. The highest BCUT2D eigenvalue weighted by Crippen LogP contribution is 2.44. The second-order valence-corrected chi connectivity index (χ2v) is 6.74. The number of carboxylic acid groups (broad SMARTS) is 1. The minimum Gasteiger partial charge on any atom is -0.481 e. The maximum Gasteiger partial charge on any atom is 0.310 e. The van der Waals surface area contributed by atoms with Crippen LogP contribution in [0.15, 0.2) is 24.3 Å². The topological polar surface area (TPSA) is 66.4 Å². The number of hydrogen-bond donors (Lipinski definition) is 2. The molecule has 0 unspecified atom stereocenters. The van der Waals surface area contributed by atoms with Crippen molar-refractivity contribution in [3.8, 4) is 0 Å². The van der Waals surface area contributed by atoms with Gasteiger partial charge in [0.05, 0.1) is 11.0 Å². The average molecular weight is 310 g/mol. The van der Waals surface area contributed by atoms with E-state index in [4.69, 9.17) is 11.6 Å². The van der Waals surface area contributed by atoms with E-state index in [1.54, 1.807) is 12.1 Å². The number of nitrogens with one attached hydrogen (secondary N) is 1. The van der Waals surface area contributed by atoms with Gasteiger partial charge in [-0.1, -0.05) is 30.2 Å². The molecule has 0 saturated heterocycles. The number of hydrogen-bond acceptors (Lipinski definition) is 2. The third kappa shape index (κ3) is 3.38. The Labute approximate surface area is 129 Å². The Bertz CT molecular complexity index is 564. The standard InChI is InChI=1S/C16H20ClNO3/c1-15(2,11-5-3-6-12(17)9-11)18-13(19)10-16(14(20)21)7-4-8-16/h3,5-6,9H,4,7-8,10H2,1-2H3,(H,18,19)(H,20,21). The van der Waals surface area contributed by atoms with Gasteiger partial charge in [0, 0.05) is 11.4 Å². The van der Waals surface area contributed by atoms with Crippen molar-refractivity contribution < 1.29 is 14.7 Å². The van der Waals surface area contributed by atoms with Crippen LogP contribution in [0.25, 0.3) is 0 Å². The summed E-state index contributed by atoms with van der Waals surface area (Å²) in [7, 11) is 0. The Morgan fingerprint density at radius 3 is 2.52 bits per heavy atom. The quantitative estimate of drug-likeness (QED) is 0.876. The molecule has 114 valence electrons. The van der Waals surface area contributed by atoms with Crippen LogP contribution in [-0.2, 0) is 15.1 Å². The Kier molecular flexibility index (Phi) is 4.28. The van der Waals surface area contributed by atoms with Crippen LogP contribution in [0.2, 0.25) is 5.02 Å². The van der Waals surface area contributed by atoms with Crippen molar-refractivity contribution in [2.75, 3.05) is 0 Å². The fraction of sp³-hybridized carbons (Fsp3) is 0.500. The third-order valence-electron chi connectivity index (χ3n) is 4.26. The van der Waals surface area contributed by atoms with Crippen LogP contribution in [0.1, 0.15) is 45.1 Å². The molecule has 1 aromatic carbocycles. The van der Waals surface area contributed by atoms with Crippen molar-refractivity contribution in [1.29, 1.82) is 0 Å².